The molecule has 0 aliphatic heterocycles. The number of hydrogen-bond donors (Lipinski definition) is 1. The third kappa shape index (κ3) is 5.79. The van der Waals surface area contributed by atoms with Gasteiger partial charge >= 0.3 is 0 Å². The van der Waals surface area contributed by atoms with Gasteiger partial charge in [0.15, 0.2) is 5.76 Å². The number of aryl methyl sites for hydroxylation is 1. The highest BCUT2D eigenvalue weighted by Crippen LogP contribution is 2.32. The Morgan fingerprint density at radius 2 is 1.91 bits per heavy atom. The maximum absolute atomic E-state index is 12.6. The largest absolute Gasteiger partial charge is 0.485 e. The summed E-state index contributed by atoms with van der Waals surface area (Å²) in [4.78, 5) is 16.7. The molecule has 2 heterocycles. The van der Waals surface area contributed by atoms with Crippen molar-refractivity contribution in [1.82, 2.24) is 14.8 Å². The van der Waals surface area contributed by atoms with Gasteiger partial charge in [-0.25, -0.2) is 9.67 Å². The number of furan rings is 1. The number of ether oxygens (including phenoxy) is 1. The maximum Gasteiger partial charge on any atom is 0.293 e. The summed E-state index contributed by atoms with van der Waals surface area (Å²) in [6.07, 6.45) is 1.55. The zero-order valence-electron chi connectivity index (χ0n) is 19.0. The second-order valence-corrected chi connectivity index (χ2v) is 9.04. The van der Waals surface area contributed by atoms with Gasteiger partial charge in [-0.15, -0.1) is 5.10 Å². The molecule has 2 aromatic carbocycles. The van der Waals surface area contributed by atoms with Crippen LogP contribution in [0.2, 0.25) is 10.0 Å². The lowest BCUT2D eigenvalue weighted by Crippen LogP contribution is -2.12. The second-order valence-electron chi connectivity index (χ2n) is 8.19. The summed E-state index contributed by atoms with van der Waals surface area (Å²) < 4.78 is 13.3. The molecule has 0 unspecified atom stereocenters. The number of halogens is 2. The second kappa shape index (κ2) is 10.3. The van der Waals surface area contributed by atoms with E-state index in [-0.39, 0.29) is 24.2 Å². The molecule has 0 saturated carbocycles. The standard InChI is InChI=1S/C25H24Cl2N4O3/c1-15(2)20-11-21(27)16(3)10-23(20)33-13-19-8-9-22(34-19)24(32)29-25-28-14-31(30-25)12-17-4-6-18(26)7-5-17/h4-11,14-15H,12-13H2,1-3H3,(H,29,30,32). The Kier molecular flexibility index (Phi) is 7.24. The molecule has 0 saturated heterocycles. The molecule has 0 atom stereocenters. The van der Waals surface area contributed by atoms with Crippen molar-refractivity contribution in [1.29, 1.82) is 0 Å². The molecule has 176 valence electrons. The predicted octanol–water partition coefficient (Wildman–Crippen LogP) is 6.49. The molecule has 1 N–H and O–H groups in total. The quantitative estimate of drug-likeness (QED) is 0.300. The van der Waals surface area contributed by atoms with Crippen molar-refractivity contribution in [3.8, 4) is 5.75 Å². The average molecular weight is 499 g/mol. The normalized spacial score (nSPS) is 11.1. The van der Waals surface area contributed by atoms with E-state index in [4.69, 9.17) is 32.4 Å². The predicted molar refractivity (Wildman–Crippen MR) is 132 cm³/mol. The van der Waals surface area contributed by atoms with Crippen LogP contribution in [0.15, 0.2) is 59.3 Å². The highest BCUT2D eigenvalue weighted by Gasteiger charge is 2.16. The SMILES string of the molecule is Cc1cc(OCc2ccc(C(=O)Nc3ncn(Cc4ccc(Cl)cc4)n3)o2)c(C(C)C)cc1Cl. The van der Waals surface area contributed by atoms with Crippen LogP contribution in [0.5, 0.6) is 5.75 Å². The highest BCUT2D eigenvalue weighted by molar-refractivity contribution is 6.31. The number of amides is 1. The number of anilines is 1. The summed E-state index contributed by atoms with van der Waals surface area (Å²) >= 11 is 12.2. The Morgan fingerprint density at radius 1 is 1.15 bits per heavy atom. The number of aromatic nitrogens is 3. The fourth-order valence-electron chi connectivity index (χ4n) is 3.34. The minimum atomic E-state index is -0.444. The van der Waals surface area contributed by atoms with Gasteiger partial charge < -0.3 is 9.15 Å². The number of carbonyl (C=O) groups is 1. The van der Waals surface area contributed by atoms with Crippen LogP contribution in [-0.4, -0.2) is 20.7 Å². The van der Waals surface area contributed by atoms with E-state index in [1.807, 2.05) is 43.3 Å². The first-order valence-electron chi connectivity index (χ1n) is 10.8. The molecule has 4 aromatic rings. The fraction of sp³-hybridized carbons (Fsp3) is 0.240. The van der Waals surface area contributed by atoms with Crippen LogP contribution in [0.4, 0.5) is 5.95 Å². The first-order valence-corrected chi connectivity index (χ1v) is 11.5. The molecule has 0 aliphatic carbocycles. The Labute approximate surface area is 207 Å². The third-order valence-corrected chi connectivity index (χ3v) is 5.85. The van der Waals surface area contributed by atoms with E-state index in [1.165, 1.54) is 0 Å². The van der Waals surface area contributed by atoms with E-state index in [0.29, 0.717) is 22.4 Å². The molecule has 0 aliphatic rings. The van der Waals surface area contributed by atoms with Crippen LogP contribution in [0, 0.1) is 6.92 Å². The molecule has 0 fully saturated rings. The highest BCUT2D eigenvalue weighted by atomic mass is 35.5. The van der Waals surface area contributed by atoms with Crippen LogP contribution in [0.25, 0.3) is 0 Å². The van der Waals surface area contributed by atoms with E-state index < -0.39 is 5.91 Å². The molecule has 0 radical (unpaired) electrons. The zero-order chi connectivity index (χ0) is 24.2. The van der Waals surface area contributed by atoms with Crippen molar-refractivity contribution >= 4 is 35.1 Å². The minimum Gasteiger partial charge on any atom is -0.485 e. The molecule has 7 nitrogen and oxygen atoms in total. The van der Waals surface area contributed by atoms with E-state index in [2.05, 4.69) is 29.2 Å². The first-order chi connectivity index (χ1) is 16.3. The van der Waals surface area contributed by atoms with E-state index in [1.54, 1.807) is 23.1 Å². The van der Waals surface area contributed by atoms with Crippen LogP contribution in [0.3, 0.4) is 0 Å². The van der Waals surface area contributed by atoms with Crippen molar-refractivity contribution in [2.75, 3.05) is 5.32 Å². The minimum absolute atomic E-state index is 0.143. The van der Waals surface area contributed by atoms with Crippen LogP contribution < -0.4 is 10.1 Å². The maximum atomic E-state index is 12.6. The Morgan fingerprint density at radius 3 is 2.65 bits per heavy atom. The van der Waals surface area contributed by atoms with Gasteiger partial charge in [-0.2, -0.15) is 0 Å². The van der Waals surface area contributed by atoms with Gasteiger partial charge in [0.05, 0.1) is 6.54 Å². The van der Waals surface area contributed by atoms with Gasteiger partial charge in [-0.3, -0.25) is 10.1 Å². The van der Waals surface area contributed by atoms with Gasteiger partial charge in [-0.05, 0) is 65.9 Å². The molecule has 0 spiro atoms. The summed E-state index contributed by atoms with van der Waals surface area (Å²) in [5.74, 6) is 1.40. The monoisotopic (exact) mass is 498 g/mol. The lowest BCUT2D eigenvalue weighted by molar-refractivity contribution is 0.0991. The molecule has 9 heteroatoms. The van der Waals surface area contributed by atoms with Crippen molar-refractivity contribution in [3.63, 3.8) is 0 Å². The third-order valence-electron chi connectivity index (χ3n) is 5.19. The number of rotatable bonds is 8. The van der Waals surface area contributed by atoms with Crippen LogP contribution in [-0.2, 0) is 13.2 Å². The Balaban J connectivity index is 1.36. The molecular formula is C25H24Cl2N4O3. The molecule has 0 bridgehead atoms. The van der Waals surface area contributed by atoms with Gasteiger partial charge in [0.1, 0.15) is 24.4 Å². The number of nitrogens with one attached hydrogen (secondary N) is 1. The van der Waals surface area contributed by atoms with Crippen molar-refractivity contribution in [2.24, 2.45) is 0 Å². The Hall–Kier alpha value is -3.29. The lowest BCUT2D eigenvalue weighted by atomic mass is 10.0. The van der Waals surface area contributed by atoms with Crippen LogP contribution >= 0.6 is 23.2 Å². The molecule has 34 heavy (non-hydrogen) atoms. The van der Waals surface area contributed by atoms with E-state index >= 15 is 0 Å². The smallest absolute Gasteiger partial charge is 0.293 e. The molecule has 4 rings (SSSR count). The lowest BCUT2D eigenvalue weighted by Gasteiger charge is -2.15. The number of nitrogens with zero attached hydrogens (tertiary/aromatic N) is 3. The van der Waals surface area contributed by atoms with E-state index in [0.717, 1.165) is 22.4 Å². The van der Waals surface area contributed by atoms with Crippen molar-refractivity contribution < 1.29 is 13.9 Å². The van der Waals surface area contributed by atoms with Gasteiger partial charge in [-0.1, -0.05) is 49.2 Å². The number of benzene rings is 2. The molecule has 1 amide bonds. The van der Waals surface area contributed by atoms with Gasteiger partial charge in [0, 0.05) is 10.0 Å². The molecular weight excluding hydrogens is 475 g/mol. The van der Waals surface area contributed by atoms with Crippen molar-refractivity contribution in [2.45, 2.75) is 39.8 Å². The summed E-state index contributed by atoms with van der Waals surface area (Å²) in [6.45, 7) is 6.77. The van der Waals surface area contributed by atoms with Crippen LogP contribution in [0.1, 0.15) is 52.8 Å². The van der Waals surface area contributed by atoms with Crippen molar-refractivity contribution in [3.05, 3.63) is 93.1 Å². The topological polar surface area (TPSA) is 82.2 Å². The molecule has 2 aromatic heterocycles. The zero-order valence-corrected chi connectivity index (χ0v) is 20.5. The number of carbonyl (C=O) groups excluding carboxylic acids is 1. The van der Waals surface area contributed by atoms with E-state index in [9.17, 15) is 4.79 Å². The van der Waals surface area contributed by atoms with Gasteiger partial charge in [0.25, 0.3) is 5.91 Å². The summed E-state index contributed by atoms with van der Waals surface area (Å²) in [6, 6.07) is 14.6. The Bertz CT molecular complexity index is 1300. The fourth-order valence-corrected chi connectivity index (χ4v) is 3.64. The first kappa shape index (κ1) is 23.9. The summed E-state index contributed by atoms with van der Waals surface area (Å²) in [5, 5.41) is 8.30. The summed E-state index contributed by atoms with van der Waals surface area (Å²) in [5.41, 5.74) is 2.96. The summed E-state index contributed by atoms with van der Waals surface area (Å²) in [7, 11) is 0. The number of hydrogen-bond acceptors (Lipinski definition) is 5. The average Bonchev–Trinajstić information content (AvgIpc) is 3.45. The van der Waals surface area contributed by atoms with Gasteiger partial charge in [0.2, 0.25) is 5.95 Å².